The topological polar surface area (TPSA) is 50.5 Å². The van der Waals surface area contributed by atoms with Crippen molar-refractivity contribution in [3.8, 4) is 6.07 Å². The van der Waals surface area contributed by atoms with E-state index in [9.17, 15) is 5.11 Å². The number of hydrogen-bond donors (Lipinski definition) is 1. The Morgan fingerprint density at radius 1 is 1.40 bits per heavy atom. The Kier molecular flexibility index (Phi) is 5.13. The van der Waals surface area contributed by atoms with Crippen molar-refractivity contribution in [1.29, 1.82) is 5.26 Å². The number of hydrogen-bond acceptors (Lipinski definition) is 4. The highest BCUT2D eigenvalue weighted by atomic mass is 16.3. The molecule has 0 bridgehead atoms. The van der Waals surface area contributed by atoms with Crippen molar-refractivity contribution >= 4 is 0 Å². The number of nitriles is 1. The van der Waals surface area contributed by atoms with Crippen LogP contribution in [0.3, 0.4) is 0 Å². The third kappa shape index (κ3) is 3.80. The Morgan fingerprint density at radius 2 is 2.15 bits per heavy atom. The van der Waals surface area contributed by atoms with Crippen LogP contribution < -0.4 is 0 Å². The zero-order chi connectivity index (χ0) is 14.5. The SMILES string of the molecule is C[C@H](O)CN1CCN(Cc2ccccc2C#N)C[C@@H]1C. The molecule has 2 rings (SSSR count). The van der Waals surface area contributed by atoms with Crippen LogP contribution >= 0.6 is 0 Å². The number of rotatable bonds is 4. The molecule has 0 spiro atoms. The Bertz CT molecular complexity index is 481. The summed E-state index contributed by atoms with van der Waals surface area (Å²) in [4.78, 5) is 4.72. The zero-order valence-corrected chi connectivity index (χ0v) is 12.3. The predicted molar refractivity (Wildman–Crippen MR) is 79.1 cm³/mol. The number of β-amino-alcohol motifs (C(OH)–C–C–N with tert-alkyl or cyclic N) is 1. The van der Waals surface area contributed by atoms with E-state index in [4.69, 9.17) is 5.26 Å². The maximum absolute atomic E-state index is 9.50. The fraction of sp³-hybridized carbons (Fsp3) is 0.562. The van der Waals surface area contributed by atoms with E-state index in [0.29, 0.717) is 6.04 Å². The molecule has 1 aromatic carbocycles. The third-order valence-electron chi connectivity index (χ3n) is 3.88. The van der Waals surface area contributed by atoms with Gasteiger partial charge in [-0.3, -0.25) is 9.80 Å². The highest BCUT2D eigenvalue weighted by Crippen LogP contribution is 2.15. The molecular formula is C16H23N3O. The van der Waals surface area contributed by atoms with Gasteiger partial charge in [-0.05, 0) is 25.5 Å². The number of aliphatic hydroxyl groups excluding tert-OH is 1. The Hall–Kier alpha value is -1.41. The number of nitrogens with zero attached hydrogens (tertiary/aromatic N) is 3. The maximum atomic E-state index is 9.50. The predicted octanol–water partition coefficient (Wildman–Crippen LogP) is 1.45. The molecule has 1 aliphatic rings. The molecule has 108 valence electrons. The Morgan fingerprint density at radius 3 is 2.80 bits per heavy atom. The lowest BCUT2D eigenvalue weighted by Gasteiger charge is -2.40. The molecule has 1 fully saturated rings. The standard InChI is InChI=1S/C16H23N3O/c1-13-10-18(7-8-19(13)11-14(2)20)12-16-6-4-3-5-15(16)9-17/h3-6,13-14,20H,7-8,10-12H2,1-2H3/t13-,14-/m0/s1. The Balaban J connectivity index is 1.95. The minimum Gasteiger partial charge on any atom is -0.392 e. The molecule has 4 heteroatoms. The van der Waals surface area contributed by atoms with Gasteiger partial charge in [0.1, 0.15) is 0 Å². The normalized spacial score (nSPS) is 22.4. The van der Waals surface area contributed by atoms with E-state index in [1.54, 1.807) is 0 Å². The van der Waals surface area contributed by atoms with E-state index < -0.39 is 0 Å². The van der Waals surface area contributed by atoms with Crippen molar-refractivity contribution in [3.63, 3.8) is 0 Å². The van der Waals surface area contributed by atoms with Gasteiger partial charge in [0.2, 0.25) is 0 Å². The maximum Gasteiger partial charge on any atom is 0.0995 e. The highest BCUT2D eigenvalue weighted by Gasteiger charge is 2.24. The van der Waals surface area contributed by atoms with Gasteiger partial charge in [0.25, 0.3) is 0 Å². The van der Waals surface area contributed by atoms with Crippen molar-refractivity contribution in [3.05, 3.63) is 35.4 Å². The molecule has 0 amide bonds. The first-order valence-corrected chi connectivity index (χ1v) is 7.22. The molecule has 0 aliphatic carbocycles. The molecule has 0 radical (unpaired) electrons. The lowest BCUT2D eigenvalue weighted by Crippen LogP contribution is -2.53. The monoisotopic (exact) mass is 273 g/mol. The average Bonchev–Trinajstić information content (AvgIpc) is 2.42. The molecule has 1 aliphatic heterocycles. The molecule has 0 unspecified atom stereocenters. The molecule has 0 aromatic heterocycles. The van der Waals surface area contributed by atoms with Crippen LogP contribution in [-0.2, 0) is 6.54 Å². The first kappa shape index (κ1) is 15.0. The van der Waals surface area contributed by atoms with Crippen molar-refractivity contribution in [2.45, 2.75) is 32.5 Å². The fourth-order valence-corrected chi connectivity index (χ4v) is 2.83. The van der Waals surface area contributed by atoms with Gasteiger partial charge in [0, 0.05) is 38.8 Å². The van der Waals surface area contributed by atoms with Crippen LogP contribution in [0, 0.1) is 11.3 Å². The van der Waals surface area contributed by atoms with E-state index in [-0.39, 0.29) is 6.10 Å². The van der Waals surface area contributed by atoms with Crippen LogP contribution in [0.2, 0.25) is 0 Å². The van der Waals surface area contributed by atoms with Crippen molar-refractivity contribution in [2.24, 2.45) is 0 Å². The van der Waals surface area contributed by atoms with Crippen molar-refractivity contribution in [1.82, 2.24) is 9.80 Å². The van der Waals surface area contributed by atoms with Crippen LogP contribution in [0.15, 0.2) is 24.3 Å². The lowest BCUT2D eigenvalue weighted by atomic mass is 10.1. The second-order valence-corrected chi connectivity index (χ2v) is 5.70. The van der Waals surface area contributed by atoms with Crippen molar-refractivity contribution in [2.75, 3.05) is 26.2 Å². The fourth-order valence-electron chi connectivity index (χ4n) is 2.83. The quantitative estimate of drug-likeness (QED) is 0.902. The molecule has 1 aromatic rings. The second-order valence-electron chi connectivity index (χ2n) is 5.70. The third-order valence-corrected chi connectivity index (χ3v) is 3.88. The average molecular weight is 273 g/mol. The van der Waals surface area contributed by atoms with Gasteiger partial charge in [-0.25, -0.2) is 0 Å². The first-order chi connectivity index (χ1) is 9.60. The molecule has 1 N–H and O–H groups in total. The second kappa shape index (κ2) is 6.85. The van der Waals surface area contributed by atoms with Crippen LogP contribution in [0.1, 0.15) is 25.0 Å². The first-order valence-electron chi connectivity index (χ1n) is 7.22. The summed E-state index contributed by atoms with van der Waals surface area (Å²) in [6, 6.07) is 10.5. The summed E-state index contributed by atoms with van der Waals surface area (Å²) in [5, 5.41) is 18.6. The summed E-state index contributed by atoms with van der Waals surface area (Å²) >= 11 is 0. The van der Waals surface area contributed by atoms with Gasteiger partial charge >= 0.3 is 0 Å². The lowest BCUT2D eigenvalue weighted by molar-refractivity contribution is 0.0423. The minimum atomic E-state index is -0.275. The van der Waals surface area contributed by atoms with E-state index in [0.717, 1.165) is 43.9 Å². The van der Waals surface area contributed by atoms with Gasteiger partial charge in [0.15, 0.2) is 0 Å². The molecule has 2 atom stereocenters. The zero-order valence-electron chi connectivity index (χ0n) is 12.3. The number of benzene rings is 1. The van der Waals surface area contributed by atoms with Crippen LogP contribution in [-0.4, -0.2) is 53.2 Å². The summed E-state index contributed by atoms with van der Waals surface area (Å²) in [5.41, 5.74) is 1.87. The van der Waals surface area contributed by atoms with E-state index in [1.165, 1.54) is 0 Å². The van der Waals surface area contributed by atoms with Gasteiger partial charge in [-0.2, -0.15) is 5.26 Å². The van der Waals surface area contributed by atoms with Gasteiger partial charge in [0.05, 0.1) is 17.7 Å². The molecule has 20 heavy (non-hydrogen) atoms. The number of piperazine rings is 1. The van der Waals surface area contributed by atoms with Crippen LogP contribution in [0.4, 0.5) is 0 Å². The minimum absolute atomic E-state index is 0.275. The number of aliphatic hydroxyl groups is 1. The molecular weight excluding hydrogens is 250 g/mol. The Labute approximate surface area is 121 Å². The van der Waals surface area contributed by atoms with Crippen LogP contribution in [0.25, 0.3) is 0 Å². The highest BCUT2D eigenvalue weighted by molar-refractivity contribution is 5.37. The van der Waals surface area contributed by atoms with Crippen LogP contribution in [0.5, 0.6) is 0 Å². The van der Waals surface area contributed by atoms with Gasteiger partial charge in [-0.15, -0.1) is 0 Å². The van der Waals surface area contributed by atoms with Crippen molar-refractivity contribution < 1.29 is 5.11 Å². The smallest absolute Gasteiger partial charge is 0.0995 e. The summed E-state index contributed by atoms with van der Waals surface area (Å²) in [6.45, 7) is 8.54. The molecule has 1 heterocycles. The summed E-state index contributed by atoms with van der Waals surface area (Å²) in [6.07, 6.45) is -0.275. The summed E-state index contributed by atoms with van der Waals surface area (Å²) in [7, 11) is 0. The van der Waals surface area contributed by atoms with Gasteiger partial charge < -0.3 is 5.11 Å². The van der Waals surface area contributed by atoms with E-state index in [1.807, 2.05) is 31.2 Å². The van der Waals surface area contributed by atoms with E-state index >= 15 is 0 Å². The molecule has 4 nitrogen and oxygen atoms in total. The summed E-state index contributed by atoms with van der Waals surface area (Å²) in [5.74, 6) is 0. The van der Waals surface area contributed by atoms with Gasteiger partial charge in [-0.1, -0.05) is 18.2 Å². The molecule has 0 saturated carbocycles. The van der Waals surface area contributed by atoms with E-state index in [2.05, 4.69) is 22.8 Å². The largest absolute Gasteiger partial charge is 0.392 e. The molecule has 1 saturated heterocycles. The summed E-state index contributed by atoms with van der Waals surface area (Å²) < 4.78 is 0.